The Kier molecular flexibility index (Phi) is 7.26. The molecule has 1 unspecified atom stereocenters. The van der Waals surface area contributed by atoms with Crippen LogP contribution in [0.3, 0.4) is 0 Å². The van der Waals surface area contributed by atoms with Gasteiger partial charge in [-0.2, -0.15) is 0 Å². The molecular formula is C20H35N5. The first kappa shape index (κ1) is 19.7. The van der Waals surface area contributed by atoms with E-state index >= 15 is 0 Å². The van der Waals surface area contributed by atoms with Crippen LogP contribution in [0.4, 0.5) is 0 Å². The highest BCUT2D eigenvalue weighted by molar-refractivity contribution is 5.79. The summed E-state index contributed by atoms with van der Waals surface area (Å²) in [5.41, 5.74) is 1.48. The van der Waals surface area contributed by atoms with E-state index in [0.717, 1.165) is 25.6 Å². The number of likely N-dealkylation sites (tertiary alicyclic amines) is 1. The number of hydrogen-bond acceptors (Lipinski definition) is 3. The second-order valence-corrected chi connectivity index (χ2v) is 7.77. The van der Waals surface area contributed by atoms with E-state index in [0.29, 0.717) is 6.04 Å². The molecule has 0 bridgehead atoms. The average molecular weight is 346 g/mol. The van der Waals surface area contributed by atoms with Crippen molar-refractivity contribution in [3.63, 3.8) is 0 Å². The second kappa shape index (κ2) is 9.20. The van der Waals surface area contributed by atoms with E-state index in [-0.39, 0.29) is 5.54 Å². The minimum atomic E-state index is 0.0876. The second-order valence-electron chi connectivity index (χ2n) is 7.77. The molecule has 1 aromatic carbocycles. The van der Waals surface area contributed by atoms with Gasteiger partial charge in [-0.1, -0.05) is 30.3 Å². The third-order valence-electron chi connectivity index (χ3n) is 5.36. The number of likely N-dealkylation sites (N-methyl/N-ethyl adjacent to an activating group) is 1. The Hall–Kier alpha value is -1.59. The molecule has 1 heterocycles. The number of benzene rings is 1. The molecule has 1 fully saturated rings. The van der Waals surface area contributed by atoms with Crippen LogP contribution in [-0.4, -0.2) is 68.1 Å². The van der Waals surface area contributed by atoms with Crippen molar-refractivity contribution in [1.82, 2.24) is 20.4 Å². The molecule has 140 valence electrons. The van der Waals surface area contributed by atoms with Gasteiger partial charge in [-0.25, -0.2) is 0 Å². The number of rotatable bonds is 7. The summed E-state index contributed by atoms with van der Waals surface area (Å²) < 4.78 is 0. The van der Waals surface area contributed by atoms with Gasteiger partial charge < -0.3 is 15.5 Å². The molecular weight excluding hydrogens is 310 g/mol. The lowest BCUT2D eigenvalue weighted by molar-refractivity contribution is 0.197. The van der Waals surface area contributed by atoms with Crippen LogP contribution in [-0.2, 0) is 6.54 Å². The third-order valence-corrected chi connectivity index (χ3v) is 5.36. The van der Waals surface area contributed by atoms with Crippen molar-refractivity contribution < 1.29 is 0 Å². The molecule has 5 nitrogen and oxygen atoms in total. The van der Waals surface area contributed by atoms with Crippen molar-refractivity contribution in [2.45, 2.75) is 44.8 Å². The lowest BCUT2D eigenvalue weighted by Gasteiger charge is -2.33. The van der Waals surface area contributed by atoms with Gasteiger partial charge in [0.25, 0.3) is 0 Å². The Morgan fingerprint density at radius 1 is 1.24 bits per heavy atom. The van der Waals surface area contributed by atoms with Gasteiger partial charge >= 0.3 is 0 Å². The summed E-state index contributed by atoms with van der Waals surface area (Å²) >= 11 is 0. The minimum Gasteiger partial charge on any atom is -0.355 e. The smallest absolute Gasteiger partial charge is 0.191 e. The van der Waals surface area contributed by atoms with Crippen LogP contribution in [0, 0.1) is 0 Å². The van der Waals surface area contributed by atoms with Crippen molar-refractivity contribution in [3.8, 4) is 0 Å². The number of hydrogen-bond donors (Lipinski definition) is 2. The third kappa shape index (κ3) is 6.01. The van der Waals surface area contributed by atoms with Crippen LogP contribution in [0.15, 0.2) is 35.3 Å². The van der Waals surface area contributed by atoms with Crippen LogP contribution >= 0.6 is 0 Å². The van der Waals surface area contributed by atoms with Crippen LogP contribution in [0.2, 0.25) is 0 Å². The fourth-order valence-electron chi connectivity index (χ4n) is 3.05. The molecule has 1 aromatic rings. The van der Waals surface area contributed by atoms with Gasteiger partial charge in [0.2, 0.25) is 0 Å². The van der Waals surface area contributed by atoms with Crippen LogP contribution in [0.25, 0.3) is 0 Å². The zero-order valence-corrected chi connectivity index (χ0v) is 16.5. The maximum atomic E-state index is 4.38. The van der Waals surface area contributed by atoms with Crippen molar-refractivity contribution in [3.05, 3.63) is 35.9 Å². The molecule has 1 atom stereocenters. The fraction of sp³-hybridized carbons (Fsp3) is 0.650. The maximum Gasteiger partial charge on any atom is 0.191 e. The number of nitrogens with zero attached hydrogens (tertiary/aromatic N) is 3. The quantitative estimate of drug-likeness (QED) is 0.587. The fourth-order valence-corrected chi connectivity index (χ4v) is 3.05. The van der Waals surface area contributed by atoms with Gasteiger partial charge in [-0.3, -0.25) is 9.89 Å². The van der Waals surface area contributed by atoms with Crippen LogP contribution < -0.4 is 10.6 Å². The molecule has 1 aliphatic rings. The molecule has 0 aromatic heterocycles. The Morgan fingerprint density at radius 2 is 1.96 bits per heavy atom. The van der Waals surface area contributed by atoms with Gasteiger partial charge in [0.15, 0.2) is 5.96 Å². The van der Waals surface area contributed by atoms with Gasteiger partial charge in [0.1, 0.15) is 0 Å². The maximum absolute atomic E-state index is 4.38. The standard InChI is InChI=1S/C20H35N5/c1-20(2,24(4)5)16-23-19(21-3)22-14-18-12-9-13-25(18)15-17-10-7-6-8-11-17/h6-8,10-11,18H,9,12-16H2,1-5H3,(H2,21,22,23). The molecule has 2 N–H and O–H groups in total. The normalized spacial score (nSPS) is 19.4. The highest BCUT2D eigenvalue weighted by Crippen LogP contribution is 2.19. The minimum absolute atomic E-state index is 0.0876. The number of guanidine groups is 1. The lowest BCUT2D eigenvalue weighted by atomic mass is 10.0. The van der Waals surface area contributed by atoms with E-state index in [9.17, 15) is 0 Å². The largest absolute Gasteiger partial charge is 0.355 e. The van der Waals surface area contributed by atoms with Gasteiger partial charge in [-0.05, 0) is 52.9 Å². The molecule has 0 spiro atoms. The first-order valence-corrected chi connectivity index (χ1v) is 9.32. The van der Waals surface area contributed by atoms with E-state index in [1.165, 1.54) is 24.9 Å². The van der Waals surface area contributed by atoms with E-state index in [1.54, 1.807) is 0 Å². The summed E-state index contributed by atoms with van der Waals surface area (Å²) in [5, 5.41) is 6.98. The Labute approximate surface area is 153 Å². The van der Waals surface area contributed by atoms with Crippen molar-refractivity contribution >= 4 is 5.96 Å². The first-order chi connectivity index (χ1) is 11.9. The lowest BCUT2D eigenvalue weighted by Crippen LogP contribution is -2.52. The first-order valence-electron chi connectivity index (χ1n) is 9.32. The summed E-state index contributed by atoms with van der Waals surface area (Å²) in [6.45, 7) is 8.47. The van der Waals surface area contributed by atoms with Crippen molar-refractivity contribution in [2.24, 2.45) is 4.99 Å². The van der Waals surface area contributed by atoms with Crippen LogP contribution in [0.1, 0.15) is 32.3 Å². The molecule has 0 radical (unpaired) electrons. The molecule has 2 rings (SSSR count). The van der Waals surface area contributed by atoms with E-state index in [4.69, 9.17) is 0 Å². The predicted molar refractivity (Wildman–Crippen MR) is 107 cm³/mol. The summed E-state index contributed by atoms with van der Waals surface area (Å²) in [7, 11) is 6.06. The zero-order chi connectivity index (χ0) is 18.3. The topological polar surface area (TPSA) is 42.9 Å². The average Bonchev–Trinajstić information content (AvgIpc) is 3.03. The van der Waals surface area contributed by atoms with E-state index in [1.807, 2.05) is 7.05 Å². The highest BCUT2D eigenvalue weighted by Gasteiger charge is 2.25. The molecule has 0 amide bonds. The molecule has 0 saturated carbocycles. The predicted octanol–water partition coefficient (Wildman–Crippen LogP) is 2.16. The van der Waals surface area contributed by atoms with Gasteiger partial charge in [-0.15, -0.1) is 0 Å². The molecule has 1 saturated heterocycles. The van der Waals surface area contributed by atoms with Gasteiger partial charge in [0, 0.05) is 38.3 Å². The molecule has 5 heteroatoms. The summed E-state index contributed by atoms with van der Waals surface area (Å²) in [6.07, 6.45) is 2.53. The Morgan fingerprint density at radius 3 is 2.60 bits per heavy atom. The Balaban J connectivity index is 1.82. The highest BCUT2D eigenvalue weighted by atomic mass is 15.2. The van der Waals surface area contributed by atoms with Gasteiger partial charge in [0.05, 0.1) is 0 Å². The van der Waals surface area contributed by atoms with Crippen molar-refractivity contribution in [1.29, 1.82) is 0 Å². The molecule has 25 heavy (non-hydrogen) atoms. The number of nitrogens with one attached hydrogen (secondary N) is 2. The Bertz CT molecular complexity index is 538. The van der Waals surface area contributed by atoms with Crippen molar-refractivity contribution in [2.75, 3.05) is 40.8 Å². The molecule has 1 aliphatic heterocycles. The van der Waals surface area contributed by atoms with E-state index in [2.05, 4.69) is 83.7 Å². The van der Waals surface area contributed by atoms with Crippen LogP contribution in [0.5, 0.6) is 0 Å². The summed E-state index contributed by atoms with van der Waals surface area (Å²) in [6, 6.07) is 11.3. The SMILES string of the molecule is CN=C(NCC1CCCN1Cc1ccccc1)NCC(C)(C)N(C)C. The molecule has 0 aliphatic carbocycles. The zero-order valence-electron chi connectivity index (χ0n) is 16.5. The van der Waals surface area contributed by atoms with E-state index < -0.39 is 0 Å². The number of aliphatic imine (C=N–C) groups is 1. The summed E-state index contributed by atoms with van der Waals surface area (Å²) in [4.78, 5) is 9.19. The summed E-state index contributed by atoms with van der Waals surface area (Å²) in [5.74, 6) is 0.890. The monoisotopic (exact) mass is 345 g/mol.